The zero-order valence-corrected chi connectivity index (χ0v) is 12.2. The van der Waals surface area contributed by atoms with Crippen molar-refractivity contribution in [3.05, 3.63) is 35.4 Å². The lowest BCUT2D eigenvalue weighted by Gasteiger charge is -2.13. The number of carboxylic acid groups (broad SMARTS) is 1. The molecule has 0 saturated carbocycles. The molecule has 1 atom stereocenters. The highest BCUT2D eigenvalue weighted by Crippen LogP contribution is 2.22. The Bertz CT molecular complexity index is 580. The molecule has 1 unspecified atom stereocenters. The van der Waals surface area contributed by atoms with Gasteiger partial charge >= 0.3 is 5.97 Å². The monoisotopic (exact) mass is 289 g/mol. The fourth-order valence-corrected chi connectivity index (χ4v) is 2.41. The third kappa shape index (κ3) is 3.62. The smallest absolute Gasteiger partial charge is 0.308 e. The van der Waals surface area contributed by atoms with Gasteiger partial charge in [-0.3, -0.25) is 9.59 Å². The maximum Gasteiger partial charge on any atom is 0.308 e. The molecule has 1 fully saturated rings. The van der Waals surface area contributed by atoms with Crippen LogP contribution < -0.4 is 4.74 Å². The number of aryl methyl sites for hydroxylation is 1. The highest BCUT2D eigenvalue weighted by Gasteiger charge is 2.29. The van der Waals surface area contributed by atoms with Crippen LogP contribution >= 0.6 is 0 Å². The molecule has 1 N–H and O–H groups in total. The minimum atomic E-state index is -0.838. The number of amides is 1. The average Bonchev–Trinajstić information content (AvgIpc) is 2.95. The van der Waals surface area contributed by atoms with Gasteiger partial charge in [0, 0.05) is 24.7 Å². The minimum Gasteiger partial charge on any atom is -0.496 e. The summed E-state index contributed by atoms with van der Waals surface area (Å²) in [6.45, 7) is 2.74. The summed E-state index contributed by atoms with van der Waals surface area (Å²) >= 11 is 0. The molecule has 112 valence electrons. The summed E-state index contributed by atoms with van der Waals surface area (Å²) in [6.07, 6.45) is 3.70. The van der Waals surface area contributed by atoms with Crippen molar-refractivity contribution in [2.45, 2.75) is 13.3 Å². The van der Waals surface area contributed by atoms with Crippen LogP contribution in [0.1, 0.15) is 17.5 Å². The third-order valence-electron chi connectivity index (χ3n) is 3.64. The van der Waals surface area contributed by atoms with Crippen molar-refractivity contribution in [1.29, 1.82) is 0 Å². The van der Waals surface area contributed by atoms with E-state index in [4.69, 9.17) is 9.84 Å². The number of hydrogen-bond donors (Lipinski definition) is 1. The summed E-state index contributed by atoms with van der Waals surface area (Å²) in [6, 6.07) is 5.73. The number of methoxy groups -OCH3 is 1. The van der Waals surface area contributed by atoms with Crippen LogP contribution in [0.15, 0.2) is 24.3 Å². The maximum atomic E-state index is 12.1. The van der Waals surface area contributed by atoms with E-state index in [1.807, 2.05) is 25.1 Å². The van der Waals surface area contributed by atoms with E-state index in [1.54, 1.807) is 18.1 Å². The first kappa shape index (κ1) is 15.1. The molecule has 5 nitrogen and oxygen atoms in total. The Morgan fingerprint density at radius 1 is 1.43 bits per heavy atom. The quantitative estimate of drug-likeness (QED) is 0.860. The van der Waals surface area contributed by atoms with E-state index in [-0.39, 0.29) is 12.5 Å². The van der Waals surface area contributed by atoms with Gasteiger partial charge in [0.25, 0.3) is 0 Å². The maximum absolute atomic E-state index is 12.1. The Kier molecular flexibility index (Phi) is 4.62. The standard InChI is InChI=1S/C16H19NO4/c1-11-3-5-14(21-2)12(9-11)4-6-15(18)17-8-7-13(10-17)16(19)20/h3-6,9,13H,7-8,10H2,1-2H3,(H,19,20)/b6-4+. The molecule has 1 amide bonds. The van der Waals surface area contributed by atoms with Gasteiger partial charge in [-0.05, 0) is 31.6 Å². The van der Waals surface area contributed by atoms with E-state index in [0.717, 1.165) is 11.1 Å². The molecule has 21 heavy (non-hydrogen) atoms. The van der Waals surface area contributed by atoms with Crippen LogP contribution in [0.25, 0.3) is 6.08 Å². The van der Waals surface area contributed by atoms with Crippen LogP contribution in [0.4, 0.5) is 0 Å². The molecule has 1 heterocycles. The van der Waals surface area contributed by atoms with Crippen LogP contribution in [0.2, 0.25) is 0 Å². The highest BCUT2D eigenvalue weighted by atomic mass is 16.5. The SMILES string of the molecule is COc1ccc(C)cc1/C=C/C(=O)N1CCC(C(=O)O)C1. The molecule has 1 aromatic carbocycles. The lowest BCUT2D eigenvalue weighted by molar-refractivity contribution is -0.141. The van der Waals surface area contributed by atoms with Gasteiger partial charge in [0.1, 0.15) is 5.75 Å². The molecule has 1 aliphatic rings. The highest BCUT2D eigenvalue weighted by molar-refractivity contribution is 5.92. The lowest BCUT2D eigenvalue weighted by Crippen LogP contribution is -2.28. The first-order valence-electron chi connectivity index (χ1n) is 6.85. The van der Waals surface area contributed by atoms with Gasteiger partial charge in [-0.25, -0.2) is 0 Å². The number of carboxylic acids is 1. The molecule has 1 aliphatic heterocycles. The molecular formula is C16H19NO4. The van der Waals surface area contributed by atoms with Gasteiger partial charge in [-0.1, -0.05) is 11.6 Å². The molecule has 0 aliphatic carbocycles. The molecule has 5 heteroatoms. The summed E-state index contributed by atoms with van der Waals surface area (Å²) in [4.78, 5) is 24.5. The van der Waals surface area contributed by atoms with E-state index in [2.05, 4.69) is 0 Å². The molecule has 0 bridgehead atoms. The van der Waals surface area contributed by atoms with Crippen LogP contribution in [0.5, 0.6) is 5.75 Å². The number of nitrogens with zero attached hydrogens (tertiary/aromatic N) is 1. The summed E-state index contributed by atoms with van der Waals surface area (Å²) < 4.78 is 5.25. The van der Waals surface area contributed by atoms with Gasteiger partial charge in [-0.2, -0.15) is 0 Å². The zero-order chi connectivity index (χ0) is 15.4. The second-order valence-electron chi connectivity index (χ2n) is 5.19. The van der Waals surface area contributed by atoms with Crippen LogP contribution in [0, 0.1) is 12.8 Å². The van der Waals surface area contributed by atoms with E-state index < -0.39 is 11.9 Å². The lowest BCUT2D eigenvalue weighted by atomic mass is 10.1. The van der Waals surface area contributed by atoms with E-state index >= 15 is 0 Å². The van der Waals surface area contributed by atoms with Gasteiger partial charge in [0.15, 0.2) is 0 Å². The van der Waals surface area contributed by atoms with Gasteiger partial charge in [-0.15, -0.1) is 0 Å². The number of rotatable bonds is 4. The Morgan fingerprint density at radius 2 is 2.19 bits per heavy atom. The fraction of sp³-hybridized carbons (Fsp3) is 0.375. The van der Waals surface area contributed by atoms with Crippen LogP contribution in [0.3, 0.4) is 0 Å². The minimum absolute atomic E-state index is 0.165. The Hall–Kier alpha value is -2.30. The molecule has 1 saturated heterocycles. The second-order valence-corrected chi connectivity index (χ2v) is 5.19. The number of ether oxygens (including phenoxy) is 1. The van der Waals surface area contributed by atoms with Crippen molar-refractivity contribution in [1.82, 2.24) is 4.90 Å². The number of carbonyl (C=O) groups is 2. The largest absolute Gasteiger partial charge is 0.496 e. The molecule has 1 aromatic rings. The van der Waals surface area contributed by atoms with Gasteiger partial charge in [0.2, 0.25) is 5.91 Å². The van der Waals surface area contributed by atoms with Crippen molar-refractivity contribution in [3.8, 4) is 5.75 Å². The third-order valence-corrected chi connectivity index (χ3v) is 3.64. The number of likely N-dealkylation sites (tertiary alicyclic amines) is 1. The van der Waals surface area contributed by atoms with Crippen LogP contribution in [-0.4, -0.2) is 42.1 Å². The first-order chi connectivity index (χ1) is 10.0. The summed E-state index contributed by atoms with van der Waals surface area (Å²) in [5, 5.41) is 8.95. The fourth-order valence-electron chi connectivity index (χ4n) is 2.41. The summed E-state index contributed by atoms with van der Waals surface area (Å²) in [5.74, 6) is -0.748. The van der Waals surface area contributed by atoms with Crippen molar-refractivity contribution >= 4 is 18.0 Å². The molecule has 2 rings (SSSR count). The number of carbonyl (C=O) groups excluding carboxylic acids is 1. The van der Waals surface area contributed by atoms with Crippen molar-refractivity contribution in [2.75, 3.05) is 20.2 Å². The summed E-state index contributed by atoms with van der Waals surface area (Å²) in [5.41, 5.74) is 1.91. The van der Waals surface area contributed by atoms with Crippen molar-refractivity contribution < 1.29 is 19.4 Å². The number of aliphatic carboxylic acids is 1. The normalized spacial score (nSPS) is 18.2. The molecule has 0 aromatic heterocycles. The predicted octanol–water partition coefficient (Wildman–Crippen LogP) is 1.95. The Balaban J connectivity index is 2.06. The van der Waals surface area contributed by atoms with E-state index in [9.17, 15) is 9.59 Å². The predicted molar refractivity (Wildman–Crippen MR) is 79.1 cm³/mol. The first-order valence-corrected chi connectivity index (χ1v) is 6.85. The Morgan fingerprint density at radius 3 is 2.81 bits per heavy atom. The van der Waals surface area contributed by atoms with Gasteiger partial charge in [0.05, 0.1) is 13.0 Å². The Labute approximate surface area is 123 Å². The van der Waals surface area contributed by atoms with Crippen molar-refractivity contribution in [3.63, 3.8) is 0 Å². The molecule has 0 radical (unpaired) electrons. The molecule has 0 spiro atoms. The average molecular weight is 289 g/mol. The molecular weight excluding hydrogens is 270 g/mol. The second kappa shape index (κ2) is 6.43. The van der Waals surface area contributed by atoms with Gasteiger partial charge < -0.3 is 14.7 Å². The zero-order valence-electron chi connectivity index (χ0n) is 12.2. The number of hydrogen-bond acceptors (Lipinski definition) is 3. The van der Waals surface area contributed by atoms with Crippen LogP contribution in [-0.2, 0) is 9.59 Å². The van der Waals surface area contributed by atoms with E-state index in [1.165, 1.54) is 6.08 Å². The number of benzene rings is 1. The van der Waals surface area contributed by atoms with Crippen molar-refractivity contribution in [2.24, 2.45) is 5.92 Å². The summed E-state index contributed by atoms with van der Waals surface area (Å²) in [7, 11) is 1.59. The topological polar surface area (TPSA) is 66.8 Å². The van der Waals surface area contributed by atoms with E-state index in [0.29, 0.717) is 18.7 Å².